The van der Waals surface area contributed by atoms with Gasteiger partial charge in [-0.05, 0) is 48.6 Å². The van der Waals surface area contributed by atoms with E-state index in [-0.39, 0.29) is 0 Å². The third-order valence-corrected chi connectivity index (χ3v) is 4.47. The maximum absolute atomic E-state index is 5.85. The fourth-order valence-corrected chi connectivity index (χ4v) is 3.51. The molecule has 14 heavy (non-hydrogen) atoms. The van der Waals surface area contributed by atoms with Gasteiger partial charge in [-0.15, -0.1) is 11.3 Å². The number of hydrogen-bond donors (Lipinski definition) is 1. The van der Waals surface area contributed by atoms with Gasteiger partial charge < -0.3 is 5.73 Å². The summed E-state index contributed by atoms with van der Waals surface area (Å²) in [5.74, 6) is 2.35. The molecule has 1 nitrogen and oxygen atoms in total. The second-order valence-corrected chi connectivity index (χ2v) is 5.52. The van der Waals surface area contributed by atoms with Gasteiger partial charge in [0.2, 0.25) is 0 Å². The molecular weight excluding hydrogens is 190 g/mol. The van der Waals surface area contributed by atoms with Crippen molar-refractivity contribution in [3.8, 4) is 0 Å². The van der Waals surface area contributed by atoms with Gasteiger partial charge >= 0.3 is 0 Å². The second kappa shape index (κ2) is 4.45. The van der Waals surface area contributed by atoms with Gasteiger partial charge in [-0.3, -0.25) is 0 Å². The lowest BCUT2D eigenvalue weighted by Gasteiger charge is -2.33. The Morgan fingerprint density at radius 2 is 2.36 bits per heavy atom. The van der Waals surface area contributed by atoms with Crippen molar-refractivity contribution in [1.29, 1.82) is 0 Å². The minimum absolute atomic E-state index is 0.727. The van der Waals surface area contributed by atoms with E-state index in [0.717, 1.165) is 24.3 Å². The Morgan fingerprint density at radius 1 is 1.50 bits per heavy atom. The number of hydrogen-bond acceptors (Lipinski definition) is 2. The molecule has 0 radical (unpaired) electrons. The van der Waals surface area contributed by atoms with Crippen LogP contribution in [0.1, 0.15) is 37.0 Å². The summed E-state index contributed by atoms with van der Waals surface area (Å²) < 4.78 is 0. The van der Waals surface area contributed by atoms with Crippen molar-refractivity contribution in [2.24, 2.45) is 17.6 Å². The molecule has 0 aliphatic heterocycles. The van der Waals surface area contributed by atoms with Gasteiger partial charge in [-0.25, -0.2) is 0 Å². The number of rotatable bonds is 2. The first-order valence-corrected chi connectivity index (χ1v) is 6.42. The molecule has 0 amide bonds. The molecular formula is C12H19NS. The Balaban J connectivity index is 2.13. The van der Waals surface area contributed by atoms with Crippen LogP contribution in [0.15, 0.2) is 17.5 Å². The summed E-state index contributed by atoms with van der Waals surface area (Å²) in [6.07, 6.45) is 4.02. The maximum Gasteiger partial charge on any atom is 0.00795 e. The normalized spacial score (nSPS) is 33.1. The Hall–Kier alpha value is -0.340. The molecule has 1 aromatic rings. The summed E-state index contributed by atoms with van der Waals surface area (Å²) >= 11 is 1.90. The summed E-state index contributed by atoms with van der Waals surface area (Å²) in [5, 5.41) is 2.18. The first kappa shape index (κ1) is 10.2. The summed E-state index contributed by atoms with van der Waals surface area (Å²) in [7, 11) is 0. The lowest BCUT2D eigenvalue weighted by Crippen LogP contribution is -2.27. The highest BCUT2D eigenvalue weighted by molar-refractivity contribution is 7.10. The largest absolute Gasteiger partial charge is 0.330 e. The van der Waals surface area contributed by atoms with Gasteiger partial charge in [-0.1, -0.05) is 19.4 Å². The smallest absolute Gasteiger partial charge is 0.00795 e. The lowest BCUT2D eigenvalue weighted by molar-refractivity contribution is 0.256. The zero-order valence-electron chi connectivity index (χ0n) is 8.78. The van der Waals surface area contributed by atoms with E-state index >= 15 is 0 Å². The highest BCUT2D eigenvalue weighted by Gasteiger charge is 2.29. The Bertz CT molecular complexity index is 268. The van der Waals surface area contributed by atoms with Gasteiger partial charge in [-0.2, -0.15) is 0 Å². The summed E-state index contributed by atoms with van der Waals surface area (Å²) in [6, 6.07) is 4.43. The lowest BCUT2D eigenvalue weighted by atomic mass is 9.74. The fraction of sp³-hybridized carbons (Fsp3) is 0.667. The number of nitrogens with two attached hydrogens (primary N) is 1. The average molecular weight is 209 g/mol. The molecule has 1 fully saturated rings. The highest BCUT2D eigenvalue weighted by atomic mass is 32.1. The molecule has 0 bridgehead atoms. The Kier molecular flexibility index (Phi) is 3.24. The van der Waals surface area contributed by atoms with Crippen LogP contribution in [0.3, 0.4) is 0 Å². The average Bonchev–Trinajstić information content (AvgIpc) is 2.70. The third kappa shape index (κ3) is 2.01. The number of thiophene rings is 1. The van der Waals surface area contributed by atoms with Crippen molar-refractivity contribution in [3.63, 3.8) is 0 Å². The molecule has 1 aliphatic carbocycles. The molecule has 1 aromatic heterocycles. The zero-order chi connectivity index (χ0) is 9.97. The SMILES string of the molecule is CC1CCC(CN)C(c2cccs2)C1. The molecule has 1 heterocycles. The Labute approximate surface area is 90.3 Å². The van der Waals surface area contributed by atoms with Crippen molar-refractivity contribution in [1.82, 2.24) is 0 Å². The van der Waals surface area contributed by atoms with Gasteiger partial charge in [0.15, 0.2) is 0 Å². The molecule has 2 N–H and O–H groups in total. The van der Waals surface area contributed by atoms with E-state index in [2.05, 4.69) is 24.4 Å². The quantitative estimate of drug-likeness (QED) is 0.795. The van der Waals surface area contributed by atoms with E-state index in [1.54, 1.807) is 4.88 Å². The molecule has 3 unspecified atom stereocenters. The molecule has 1 saturated carbocycles. The van der Waals surface area contributed by atoms with Gasteiger partial charge in [0.1, 0.15) is 0 Å². The highest BCUT2D eigenvalue weighted by Crippen LogP contribution is 2.41. The van der Waals surface area contributed by atoms with Crippen molar-refractivity contribution >= 4 is 11.3 Å². The predicted molar refractivity (Wildman–Crippen MR) is 62.6 cm³/mol. The molecule has 2 heteroatoms. The first-order chi connectivity index (χ1) is 6.81. The van der Waals surface area contributed by atoms with E-state index in [0.29, 0.717) is 0 Å². The van der Waals surface area contributed by atoms with Crippen LogP contribution in [0.25, 0.3) is 0 Å². The van der Waals surface area contributed by atoms with Crippen LogP contribution in [0.5, 0.6) is 0 Å². The maximum atomic E-state index is 5.85. The van der Waals surface area contributed by atoms with Gasteiger partial charge in [0.25, 0.3) is 0 Å². The summed E-state index contributed by atoms with van der Waals surface area (Å²) in [4.78, 5) is 1.55. The molecule has 78 valence electrons. The van der Waals surface area contributed by atoms with Crippen molar-refractivity contribution in [3.05, 3.63) is 22.4 Å². The van der Waals surface area contributed by atoms with Crippen LogP contribution in [0.2, 0.25) is 0 Å². The van der Waals surface area contributed by atoms with Crippen LogP contribution >= 0.6 is 11.3 Å². The second-order valence-electron chi connectivity index (χ2n) is 4.54. The van der Waals surface area contributed by atoms with E-state index < -0.39 is 0 Å². The monoisotopic (exact) mass is 209 g/mol. The van der Waals surface area contributed by atoms with Crippen LogP contribution in [-0.4, -0.2) is 6.54 Å². The van der Waals surface area contributed by atoms with Crippen LogP contribution < -0.4 is 5.73 Å². The molecule has 0 aromatic carbocycles. The predicted octanol–water partition coefficient (Wildman–Crippen LogP) is 3.23. The molecule has 0 saturated heterocycles. The van der Waals surface area contributed by atoms with Crippen LogP contribution in [-0.2, 0) is 0 Å². The van der Waals surface area contributed by atoms with E-state index in [9.17, 15) is 0 Å². The van der Waals surface area contributed by atoms with E-state index in [1.807, 2.05) is 11.3 Å². The van der Waals surface area contributed by atoms with Gasteiger partial charge in [0.05, 0.1) is 0 Å². The standard InChI is InChI=1S/C12H19NS/c1-9-4-5-10(8-13)11(7-9)12-3-2-6-14-12/h2-3,6,9-11H,4-5,7-8,13H2,1H3. The first-order valence-electron chi connectivity index (χ1n) is 5.54. The van der Waals surface area contributed by atoms with Crippen molar-refractivity contribution in [2.45, 2.75) is 32.1 Å². The molecule has 2 rings (SSSR count). The van der Waals surface area contributed by atoms with Crippen LogP contribution in [0, 0.1) is 11.8 Å². The zero-order valence-corrected chi connectivity index (χ0v) is 9.59. The van der Waals surface area contributed by atoms with Crippen molar-refractivity contribution in [2.75, 3.05) is 6.54 Å². The van der Waals surface area contributed by atoms with E-state index in [4.69, 9.17) is 5.73 Å². The van der Waals surface area contributed by atoms with Gasteiger partial charge in [0, 0.05) is 4.88 Å². The fourth-order valence-electron chi connectivity index (χ4n) is 2.58. The molecule has 0 spiro atoms. The minimum Gasteiger partial charge on any atom is -0.330 e. The Morgan fingerprint density at radius 3 is 3.00 bits per heavy atom. The topological polar surface area (TPSA) is 26.0 Å². The molecule has 1 aliphatic rings. The summed E-state index contributed by atoms with van der Waals surface area (Å²) in [6.45, 7) is 3.22. The summed E-state index contributed by atoms with van der Waals surface area (Å²) in [5.41, 5.74) is 5.85. The van der Waals surface area contributed by atoms with Crippen molar-refractivity contribution < 1.29 is 0 Å². The molecule has 3 atom stereocenters. The third-order valence-electron chi connectivity index (χ3n) is 3.47. The van der Waals surface area contributed by atoms with Crippen LogP contribution in [0.4, 0.5) is 0 Å². The van der Waals surface area contributed by atoms with E-state index in [1.165, 1.54) is 19.3 Å². The minimum atomic E-state index is 0.727.